The highest BCUT2D eigenvalue weighted by Crippen LogP contribution is 2.42. The van der Waals surface area contributed by atoms with E-state index in [9.17, 15) is 24.0 Å². The molecule has 0 radical (unpaired) electrons. The first-order valence-electron chi connectivity index (χ1n) is 18.7. The van der Waals surface area contributed by atoms with Crippen molar-refractivity contribution in [3.05, 3.63) is 78.9 Å². The van der Waals surface area contributed by atoms with Crippen LogP contribution in [0.4, 0.5) is 0 Å². The fraction of sp³-hybridized carbons (Fsp3) is 0.500. The van der Waals surface area contributed by atoms with Gasteiger partial charge in [-0.25, -0.2) is 14.4 Å². The second-order valence-corrected chi connectivity index (χ2v) is 13.7. The van der Waals surface area contributed by atoms with Crippen LogP contribution < -0.4 is 14.2 Å². The Morgan fingerprint density at radius 3 is 1.62 bits per heavy atom. The lowest BCUT2D eigenvalue weighted by Crippen LogP contribution is -2.31. The van der Waals surface area contributed by atoms with Crippen LogP contribution in [0.3, 0.4) is 0 Å². The van der Waals surface area contributed by atoms with Crippen molar-refractivity contribution in [2.75, 3.05) is 26.4 Å². The summed E-state index contributed by atoms with van der Waals surface area (Å²) in [6.07, 6.45) is 12.0. The zero-order valence-corrected chi connectivity index (χ0v) is 30.7. The van der Waals surface area contributed by atoms with Gasteiger partial charge < -0.3 is 28.4 Å². The molecular weight excluding hydrogens is 680 g/mol. The van der Waals surface area contributed by atoms with E-state index in [1.807, 2.05) is 6.92 Å². The molecule has 11 heteroatoms. The van der Waals surface area contributed by atoms with Gasteiger partial charge in [0, 0.05) is 12.2 Å². The Kier molecular flexibility index (Phi) is 16.6. The van der Waals surface area contributed by atoms with Crippen LogP contribution >= 0.6 is 0 Å². The maximum absolute atomic E-state index is 13.1. The molecule has 53 heavy (non-hydrogen) atoms. The van der Waals surface area contributed by atoms with Crippen molar-refractivity contribution in [2.45, 2.75) is 84.0 Å². The van der Waals surface area contributed by atoms with Crippen LogP contribution in [-0.2, 0) is 33.4 Å². The topological polar surface area (TPSA) is 141 Å². The van der Waals surface area contributed by atoms with E-state index < -0.39 is 17.9 Å². The van der Waals surface area contributed by atoms with E-state index in [0.29, 0.717) is 85.7 Å². The number of rotatable bonds is 19. The van der Waals surface area contributed by atoms with Gasteiger partial charge in [-0.2, -0.15) is 0 Å². The van der Waals surface area contributed by atoms with E-state index >= 15 is 0 Å². The van der Waals surface area contributed by atoms with Gasteiger partial charge in [0.05, 0.1) is 43.8 Å². The maximum Gasteiger partial charge on any atom is 0.343 e. The number of carbonyl (C=O) groups excluding carboxylic acids is 5. The third-order valence-electron chi connectivity index (χ3n) is 9.95. The van der Waals surface area contributed by atoms with Crippen LogP contribution in [0.1, 0.15) is 93.0 Å². The molecule has 4 rings (SSSR count). The molecule has 2 aromatic carbocycles. The molecule has 11 nitrogen and oxygen atoms in total. The highest BCUT2D eigenvalue weighted by Gasteiger charge is 2.35. The van der Waals surface area contributed by atoms with Crippen LogP contribution in [0, 0.1) is 30.6 Å². The van der Waals surface area contributed by atoms with Crippen LogP contribution in [-0.4, -0.2) is 56.3 Å². The van der Waals surface area contributed by atoms with E-state index in [1.54, 1.807) is 42.5 Å². The molecule has 0 unspecified atom stereocenters. The van der Waals surface area contributed by atoms with E-state index in [-0.39, 0.29) is 30.4 Å². The Labute approximate surface area is 312 Å². The van der Waals surface area contributed by atoms with Crippen molar-refractivity contribution in [2.24, 2.45) is 23.7 Å². The van der Waals surface area contributed by atoms with Gasteiger partial charge in [0.15, 0.2) is 0 Å². The number of aryl methyl sites for hydroxylation is 1. The number of hydrogen-bond donors (Lipinski definition) is 0. The quantitative estimate of drug-likeness (QED) is 0.0462. The van der Waals surface area contributed by atoms with Crippen LogP contribution in [0.2, 0.25) is 0 Å². The minimum absolute atomic E-state index is 0.0629. The first-order valence-corrected chi connectivity index (χ1v) is 18.7. The van der Waals surface area contributed by atoms with E-state index in [1.165, 1.54) is 0 Å². The largest absolute Gasteiger partial charge is 0.494 e. The van der Waals surface area contributed by atoms with Gasteiger partial charge in [0.2, 0.25) is 0 Å². The Morgan fingerprint density at radius 2 is 1.09 bits per heavy atom. The third kappa shape index (κ3) is 13.5. The van der Waals surface area contributed by atoms with E-state index in [2.05, 4.69) is 13.2 Å². The predicted molar refractivity (Wildman–Crippen MR) is 196 cm³/mol. The van der Waals surface area contributed by atoms with Crippen molar-refractivity contribution in [1.82, 2.24) is 0 Å². The lowest BCUT2D eigenvalue weighted by molar-refractivity contribution is -0.151. The second-order valence-electron chi connectivity index (χ2n) is 13.7. The molecule has 0 aliphatic heterocycles. The molecule has 2 aromatic rings. The van der Waals surface area contributed by atoms with Crippen molar-refractivity contribution in [1.29, 1.82) is 0 Å². The number of esters is 5. The summed E-state index contributed by atoms with van der Waals surface area (Å²) >= 11 is 0. The van der Waals surface area contributed by atoms with Gasteiger partial charge in [0.1, 0.15) is 17.2 Å². The molecule has 2 fully saturated rings. The standard InChI is InChI=1S/C42H52O11/c1-4-38(43)49-25-7-6-24-48-35-20-18-34(19-21-35)41(46)52-36-22-23-37(29(3)28-36)53-42(47)33-16-12-31(13-17-33)30-10-14-32(15-11-30)40(45)51-27-9-8-26-50-39(44)5-2/h4-5,18-23,28,30-33H,1-2,6-17,24-27H2,3H3. The second kappa shape index (κ2) is 21.6. The third-order valence-corrected chi connectivity index (χ3v) is 9.95. The Hall–Kier alpha value is -4.93. The molecule has 2 aliphatic carbocycles. The molecule has 286 valence electrons. The van der Waals surface area contributed by atoms with Crippen molar-refractivity contribution in [3.8, 4) is 17.2 Å². The number of ether oxygens (including phenoxy) is 6. The zero-order valence-electron chi connectivity index (χ0n) is 30.7. The number of benzene rings is 2. The molecular formula is C42H52O11. The summed E-state index contributed by atoms with van der Waals surface area (Å²) in [6.45, 7) is 9.89. The molecule has 0 bridgehead atoms. The van der Waals surface area contributed by atoms with Gasteiger partial charge in [-0.15, -0.1) is 0 Å². The Bertz CT molecular complexity index is 1550. The van der Waals surface area contributed by atoms with Gasteiger partial charge >= 0.3 is 29.8 Å². The van der Waals surface area contributed by atoms with Crippen LogP contribution in [0.25, 0.3) is 0 Å². The first-order chi connectivity index (χ1) is 25.7. The minimum atomic E-state index is -0.521. The molecule has 0 aromatic heterocycles. The predicted octanol–water partition coefficient (Wildman–Crippen LogP) is 7.67. The molecule has 0 amide bonds. The van der Waals surface area contributed by atoms with E-state index in [0.717, 1.165) is 63.5 Å². The van der Waals surface area contributed by atoms with Crippen molar-refractivity contribution in [3.63, 3.8) is 0 Å². The van der Waals surface area contributed by atoms with Crippen LogP contribution in [0.15, 0.2) is 67.8 Å². The van der Waals surface area contributed by atoms with Crippen molar-refractivity contribution >= 4 is 29.8 Å². The average molecular weight is 733 g/mol. The highest BCUT2D eigenvalue weighted by atomic mass is 16.6. The van der Waals surface area contributed by atoms with Gasteiger partial charge in [0.25, 0.3) is 0 Å². The first kappa shape index (κ1) is 40.8. The Balaban J connectivity index is 1.12. The minimum Gasteiger partial charge on any atom is -0.494 e. The van der Waals surface area contributed by atoms with E-state index in [4.69, 9.17) is 28.4 Å². The summed E-state index contributed by atoms with van der Waals surface area (Å²) in [5.74, 6) is 0.484. The van der Waals surface area contributed by atoms with Gasteiger partial charge in [-0.1, -0.05) is 13.2 Å². The summed E-state index contributed by atoms with van der Waals surface area (Å²) in [7, 11) is 0. The maximum atomic E-state index is 13.1. The summed E-state index contributed by atoms with van der Waals surface area (Å²) < 4.78 is 32.4. The summed E-state index contributed by atoms with van der Waals surface area (Å²) in [5.41, 5.74) is 1.05. The van der Waals surface area contributed by atoms with Crippen LogP contribution in [0.5, 0.6) is 17.2 Å². The normalized spacial score (nSPS) is 19.6. The SMILES string of the molecule is C=CC(=O)OCCCCOC(=O)C1CCC(C2CCC(C(=O)Oc3ccc(OC(=O)c4ccc(OCCCCOC(=O)C=C)cc4)cc3C)CC2)CC1. The Morgan fingerprint density at radius 1 is 0.604 bits per heavy atom. The molecule has 0 spiro atoms. The molecule has 0 atom stereocenters. The lowest BCUT2D eigenvalue weighted by atomic mass is 9.69. The molecule has 0 saturated heterocycles. The number of carbonyl (C=O) groups is 5. The lowest BCUT2D eigenvalue weighted by Gasteiger charge is -2.36. The molecule has 0 N–H and O–H groups in total. The molecule has 2 saturated carbocycles. The summed E-state index contributed by atoms with van der Waals surface area (Å²) in [4.78, 5) is 60.6. The zero-order chi connectivity index (χ0) is 38.0. The highest BCUT2D eigenvalue weighted by molar-refractivity contribution is 5.91. The molecule has 2 aliphatic rings. The fourth-order valence-electron chi connectivity index (χ4n) is 6.85. The van der Waals surface area contributed by atoms with Gasteiger partial charge in [-0.05, 0) is 144 Å². The monoisotopic (exact) mass is 732 g/mol. The molecule has 0 heterocycles. The van der Waals surface area contributed by atoms with Gasteiger partial charge in [-0.3, -0.25) is 9.59 Å². The van der Waals surface area contributed by atoms with Crippen molar-refractivity contribution < 1.29 is 52.4 Å². The fourth-order valence-corrected chi connectivity index (χ4v) is 6.85. The summed E-state index contributed by atoms with van der Waals surface area (Å²) in [6, 6.07) is 11.6. The number of hydrogen-bond acceptors (Lipinski definition) is 11. The average Bonchev–Trinajstić information content (AvgIpc) is 3.18. The summed E-state index contributed by atoms with van der Waals surface area (Å²) in [5, 5.41) is 0. The smallest absolute Gasteiger partial charge is 0.343 e. The number of unbranched alkanes of at least 4 members (excludes halogenated alkanes) is 2.